The number of unbranched alkanes of at least 4 members (excludes halogenated alkanes) is 3. The fourth-order valence-corrected chi connectivity index (χ4v) is 5.18. The Balaban J connectivity index is 1.57. The van der Waals surface area contributed by atoms with E-state index in [-0.39, 0.29) is 22.6 Å². The summed E-state index contributed by atoms with van der Waals surface area (Å²) < 4.78 is 40.3. The molecular formula is C24H30F3N5O2S. The quantitative estimate of drug-likeness (QED) is 0.404. The van der Waals surface area contributed by atoms with E-state index < -0.39 is 28.7 Å². The molecule has 0 unspecified atom stereocenters. The molecule has 2 N–H and O–H groups in total. The van der Waals surface area contributed by atoms with Crippen molar-refractivity contribution in [1.29, 1.82) is 5.26 Å². The van der Waals surface area contributed by atoms with Gasteiger partial charge in [-0.15, -0.1) is 0 Å². The van der Waals surface area contributed by atoms with Gasteiger partial charge in [-0.2, -0.15) is 18.4 Å². The van der Waals surface area contributed by atoms with Gasteiger partial charge in [0.15, 0.2) is 5.11 Å². The van der Waals surface area contributed by atoms with Crippen molar-refractivity contribution < 1.29 is 22.8 Å². The zero-order valence-electron chi connectivity index (χ0n) is 19.9. The minimum atomic E-state index is -4.73. The van der Waals surface area contributed by atoms with Crippen LogP contribution in [0, 0.1) is 17.2 Å². The van der Waals surface area contributed by atoms with Gasteiger partial charge in [-0.25, -0.2) is 0 Å². The van der Waals surface area contributed by atoms with Crippen LogP contribution < -0.4 is 10.6 Å². The van der Waals surface area contributed by atoms with E-state index in [4.69, 9.17) is 23.2 Å². The summed E-state index contributed by atoms with van der Waals surface area (Å²) in [6.45, 7) is 6.42. The molecule has 0 aromatic heterocycles. The lowest BCUT2D eigenvalue weighted by Crippen LogP contribution is -2.44. The van der Waals surface area contributed by atoms with Crippen LogP contribution in [0.1, 0.15) is 57.1 Å². The molecule has 1 aromatic rings. The van der Waals surface area contributed by atoms with Crippen LogP contribution in [0.25, 0.3) is 0 Å². The summed E-state index contributed by atoms with van der Waals surface area (Å²) in [6.07, 6.45) is -0.278. The molecule has 2 fully saturated rings. The average Bonchev–Trinajstić information content (AvgIpc) is 3.32. The number of thiocarbonyl (C=S) groups is 1. The first-order chi connectivity index (χ1) is 16.4. The van der Waals surface area contributed by atoms with Gasteiger partial charge >= 0.3 is 6.18 Å². The summed E-state index contributed by atoms with van der Waals surface area (Å²) in [5, 5.41) is 9.19. The number of likely N-dealkylation sites (tertiary alicyclic amines) is 1. The SMILES string of the molecule is CC1(C)C(=O)N(c2ccc(C#N)c(C(F)(F)F)c2)C(=S)N1CCCCCCN1CC[C@@H](C(N)=O)C1. The van der Waals surface area contributed by atoms with Crippen LogP contribution in [0.15, 0.2) is 18.2 Å². The van der Waals surface area contributed by atoms with Gasteiger partial charge in [0.2, 0.25) is 5.91 Å². The van der Waals surface area contributed by atoms with Crippen LogP contribution in [0.5, 0.6) is 0 Å². The summed E-state index contributed by atoms with van der Waals surface area (Å²) in [7, 11) is 0. The maximum Gasteiger partial charge on any atom is 0.417 e. The maximum atomic E-state index is 13.4. The van der Waals surface area contributed by atoms with E-state index in [0.29, 0.717) is 6.54 Å². The Morgan fingerprint density at radius 3 is 2.46 bits per heavy atom. The highest BCUT2D eigenvalue weighted by molar-refractivity contribution is 7.80. The number of hydrogen-bond donors (Lipinski definition) is 1. The molecule has 35 heavy (non-hydrogen) atoms. The standard InChI is InChI=1S/C24H30F3N5O2S/c1-23(2)21(34)32(18-8-7-16(14-28)19(13-18)24(25,26)27)22(35)31(23)11-6-4-3-5-10-30-12-9-17(15-30)20(29)33/h7-8,13,17H,3-6,9-12,15H2,1-2H3,(H2,29,33)/t17-/m1/s1. The van der Waals surface area contributed by atoms with Gasteiger partial charge < -0.3 is 15.5 Å². The van der Waals surface area contributed by atoms with Crippen LogP contribution in [0.4, 0.5) is 18.9 Å². The molecule has 11 heteroatoms. The number of amides is 2. The van der Waals surface area contributed by atoms with E-state index in [2.05, 4.69) is 4.90 Å². The lowest BCUT2D eigenvalue weighted by molar-refractivity contribution is -0.137. The van der Waals surface area contributed by atoms with Gasteiger partial charge in [0.05, 0.1) is 28.8 Å². The molecule has 0 spiro atoms. The van der Waals surface area contributed by atoms with E-state index in [1.807, 2.05) is 0 Å². The van der Waals surface area contributed by atoms with E-state index in [1.54, 1.807) is 24.8 Å². The molecule has 3 rings (SSSR count). The van der Waals surface area contributed by atoms with Crippen molar-refractivity contribution in [1.82, 2.24) is 9.80 Å². The Morgan fingerprint density at radius 1 is 1.23 bits per heavy atom. The zero-order chi connectivity index (χ0) is 26.0. The van der Waals surface area contributed by atoms with Crippen LogP contribution in [0.3, 0.4) is 0 Å². The second-order valence-corrected chi connectivity index (χ2v) is 9.94. The third kappa shape index (κ3) is 5.76. The Morgan fingerprint density at radius 2 is 1.89 bits per heavy atom. The van der Waals surface area contributed by atoms with Crippen LogP contribution >= 0.6 is 12.2 Å². The highest BCUT2D eigenvalue weighted by atomic mass is 32.1. The minimum absolute atomic E-state index is 0.00165. The normalized spacial score (nSPS) is 20.5. The fraction of sp³-hybridized carbons (Fsp3) is 0.583. The monoisotopic (exact) mass is 509 g/mol. The molecule has 0 aliphatic carbocycles. The largest absolute Gasteiger partial charge is 0.417 e. The molecule has 0 bridgehead atoms. The highest BCUT2D eigenvalue weighted by Crippen LogP contribution is 2.38. The predicted octanol–water partition coefficient (Wildman–Crippen LogP) is 3.66. The van der Waals surface area contributed by atoms with Crippen LogP contribution in [0.2, 0.25) is 0 Å². The number of benzene rings is 1. The number of primary amides is 1. The Bertz CT molecular complexity index is 1040. The number of carbonyl (C=O) groups excluding carboxylic acids is 2. The molecule has 0 saturated carbocycles. The molecule has 2 saturated heterocycles. The Kier molecular flexibility index (Phi) is 8.07. The first kappa shape index (κ1) is 26.9. The summed E-state index contributed by atoms with van der Waals surface area (Å²) in [4.78, 5) is 29.6. The van der Waals surface area contributed by atoms with Crippen molar-refractivity contribution in [2.45, 2.75) is 57.7 Å². The van der Waals surface area contributed by atoms with Gasteiger partial charge in [-0.1, -0.05) is 12.8 Å². The van der Waals surface area contributed by atoms with Crippen molar-refractivity contribution in [3.8, 4) is 6.07 Å². The molecule has 7 nitrogen and oxygen atoms in total. The van der Waals surface area contributed by atoms with Crippen molar-refractivity contribution in [3.05, 3.63) is 29.3 Å². The van der Waals surface area contributed by atoms with Crippen LogP contribution in [-0.2, 0) is 15.8 Å². The first-order valence-electron chi connectivity index (χ1n) is 11.7. The number of alkyl halides is 3. The zero-order valence-corrected chi connectivity index (χ0v) is 20.7. The van der Waals surface area contributed by atoms with Gasteiger partial charge in [0.25, 0.3) is 5.91 Å². The summed E-state index contributed by atoms with van der Waals surface area (Å²) >= 11 is 5.51. The van der Waals surface area contributed by atoms with E-state index in [1.165, 1.54) is 6.07 Å². The predicted molar refractivity (Wildman–Crippen MR) is 129 cm³/mol. The number of nitrogens with zero attached hydrogens (tertiary/aromatic N) is 4. The third-order valence-electron chi connectivity index (χ3n) is 6.79. The molecule has 0 radical (unpaired) electrons. The van der Waals surface area contributed by atoms with E-state index in [9.17, 15) is 22.8 Å². The average molecular weight is 510 g/mol. The number of halogens is 3. The van der Waals surface area contributed by atoms with Gasteiger partial charge in [-0.05, 0) is 76.6 Å². The van der Waals surface area contributed by atoms with Crippen molar-refractivity contribution in [3.63, 3.8) is 0 Å². The molecule has 1 atom stereocenters. The fourth-order valence-electron chi connectivity index (χ4n) is 4.67. The maximum absolute atomic E-state index is 13.4. The van der Waals surface area contributed by atoms with E-state index in [0.717, 1.165) is 68.8 Å². The molecule has 1 aromatic carbocycles. The number of anilines is 1. The first-order valence-corrected chi connectivity index (χ1v) is 12.1. The molecule has 2 amide bonds. The molecular weight excluding hydrogens is 479 g/mol. The van der Waals surface area contributed by atoms with Gasteiger partial charge in [0.1, 0.15) is 5.54 Å². The second kappa shape index (κ2) is 10.5. The number of nitriles is 1. The smallest absolute Gasteiger partial charge is 0.369 e. The van der Waals surface area contributed by atoms with Crippen molar-refractivity contribution in [2.24, 2.45) is 11.7 Å². The number of rotatable bonds is 9. The van der Waals surface area contributed by atoms with E-state index >= 15 is 0 Å². The van der Waals surface area contributed by atoms with Crippen molar-refractivity contribution in [2.75, 3.05) is 31.1 Å². The van der Waals surface area contributed by atoms with Crippen molar-refractivity contribution >= 4 is 34.8 Å². The molecule has 190 valence electrons. The number of carbonyl (C=O) groups is 2. The van der Waals surface area contributed by atoms with Gasteiger partial charge in [0, 0.05) is 13.1 Å². The molecule has 2 heterocycles. The van der Waals surface area contributed by atoms with Gasteiger partial charge in [-0.3, -0.25) is 14.5 Å². The second-order valence-electron chi connectivity index (χ2n) is 9.58. The van der Waals surface area contributed by atoms with Crippen LogP contribution in [-0.4, -0.2) is 58.4 Å². The summed E-state index contributed by atoms with van der Waals surface area (Å²) in [5.74, 6) is -0.702. The number of nitrogens with two attached hydrogens (primary N) is 1. The summed E-state index contributed by atoms with van der Waals surface area (Å²) in [6, 6.07) is 4.74. The highest BCUT2D eigenvalue weighted by Gasteiger charge is 2.49. The Hall–Kier alpha value is -2.71. The summed E-state index contributed by atoms with van der Waals surface area (Å²) in [5.41, 5.74) is 2.78. The minimum Gasteiger partial charge on any atom is -0.369 e. The lowest BCUT2D eigenvalue weighted by atomic mass is 10.0. The third-order valence-corrected chi connectivity index (χ3v) is 7.19. The Labute approximate surface area is 208 Å². The lowest BCUT2D eigenvalue weighted by Gasteiger charge is -2.29. The molecule has 2 aliphatic rings. The number of hydrogen-bond acceptors (Lipinski definition) is 5. The molecule has 2 aliphatic heterocycles. The topological polar surface area (TPSA) is 93.7 Å².